The van der Waals surface area contributed by atoms with E-state index in [4.69, 9.17) is 4.42 Å². The minimum absolute atomic E-state index is 0.198. The summed E-state index contributed by atoms with van der Waals surface area (Å²) in [6, 6.07) is 12.0. The largest absolute Gasteiger partial charge is 0.420 e. The third kappa shape index (κ3) is 3.41. The van der Waals surface area contributed by atoms with Gasteiger partial charge < -0.3 is 4.42 Å². The monoisotopic (exact) mass is 335 g/mol. The third-order valence-electron chi connectivity index (χ3n) is 2.88. The fourth-order valence-corrected chi connectivity index (χ4v) is 3.53. The second kappa shape index (κ2) is 6.39. The number of hydrogen-bond acceptors (Lipinski definition) is 6. The van der Waals surface area contributed by atoms with Gasteiger partial charge in [-0.15, -0.1) is 21.5 Å². The molecule has 0 aliphatic heterocycles. The zero-order valence-electron chi connectivity index (χ0n) is 11.5. The van der Waals surface area contributed by atoms with Gasteiger partial charge in [-0.25, -0.2) is 13.1 Å². The van der Waals surface area contributed by atoms with E-state index in [1.54, 1.807) is 30.3 Å². The summed E-state index contributed by atoms with van der Waals surface area (Å²) in [5.74, 6) is 0.857. The number of benzene rings is 1. The molecule has 0 aliphatic carbocycles. The highest BCUT2D eigenvalue weighted by Crippen LogP contribution is 2.22. The molecule has 0 fully saturated rings. The van der Waals surface area contributed by atoms with E-state index in [0.717, 1.165) is 4.88 Å². The van der Waals surface area contributed by atoms with Gasteiger partial charge in [0.15, 0.2) is 0 Å². The van der Waals surface area contributed by atoms with Gasteiger partial charge in [-0.05, 0) is 23.6 Å². The summed E-state index contributed by atoms with van der Waals surface area (Å²) >= 11 is 1.51. The summed E-state index contributed by atoms with van der Waals surface area (Å²) in [5, 5.41) is 9.79. The van der Waals surface area contributed by atoms with Gasteiger partial charge in [0.1, 0.15) is 0 Å². The number of hydrogen-bond donors (Lipinski definition) is 1. The molecule has 0 atom stereocenters. The van der Waals surface area contributed by atoms with Gasteiger partial charge in [-0.2, -0.15) is 0 Å². The molecule has 3 rings (SSSR count). The topological polar surface area (TPSA) is 85.1 Å². The molecule has 0 aliphatic rings. The van der Waals surface area contributed by atoms with E-state index in [1.165, 1.54) is 11.3 Å². The molecule has 2 heterocycles. The van der Waals surface area contributed by atoms with E-state index in [0.29, 0.717) is 18.2 Å². The minimum atomic E-state index is -3.50. The van der Waals surface area contributed by atoms with Gasteiger partial charge in [-0.3, -0.25) is 0 Å². The van der Waals surface area contributed by atoms with E-state index in [2.05, 4.69) is 14.9 Å². The first-order chi connectivity index (χ1) is 10.6. The van der Waals surface area contributed by atoms with Crippen LogP contribution in [0.3, 0.4) is 0 Å². The SMILES string of the molecule is O=S(=O)(NCCc1nnc(-c2cccs2)o1)c1ccccc1. The van der Waals surface area contributed by atoms with Crippen LogP contribution in [-0.4, -0.2) is 25.2 Å². The van der Waals surface area contributed by atoms with Crippen molar-refractivity contribution in [3.8, 4) is 10.8 Å². The fraction of sp³-hybridized carbons (Fsp3) is 0.143. The first kappa shape index (κ1) is 14.9. The van der Waals surface area contributed by atoms with E-state index in [1.807, 2.05) is 17.5 Å². The van der Waals surface area contributed by atoms with E-state index in [-0.39, 0.29) is 11.4 Å². The van der Waals surface area contributed by atoms with Crippen LogP contribution < -0.4 is 4.72 Å². The molecule has 1 aromatic carbocycles. The molecule has 1 N–H and O–H groups in total. The van der Waals surface area contributed by atoms with Crippen molar-refractivity contribution in [2.45, 2.75) is 11.3 Å². The Balaban J connectivity index is 1.60. The predicted molar refractivity (Wildman–Crippen MR) is 82.9 cm³/mol. The maximum atomic E-state index is 12.0. The van der Waals surface area contributed by atoms with Crippen molar-refractivity contribution in [2.24, 2.45) is 0 Å². The lowest BCUT2D eigenvalue weighted by Crippen LogP contribution is -2.26. The predicted octanol–water partition coefficient (Wildman–Crippen LogP) is 2.32. The van der Waals surface area contributed by atoms with Crippen LogP contribution >= 0.6 is 11.3 Å². The Kier molecular flexibility index (Phi) is 4.32. The molecule has 2 aromatic heterocycles. The van der Waals surface area contributed by atoms with Crippen LogP contribution in [0.15, 0.2) is 57.2 Å². The molecular weight excluding hydrogens is 322 g/mol. The Morgan fingerprint density at radius 3 is 2.64 bits per heavy atom. The van der Waals surface area contributed by atoms with Crippen LogP contribution in [-0.2, 0) is 16.4 Å². The molecule has 8 heteroatoms. The molecule has 0 saturated carbocycles. The van der Waals surface area contributed by atoms with E-state index < -0.39 is 10.0 Å². The van der Waals surface area contributed by atoms with Gasteiger partial charge in [0.05, 0.1) is 9.77 Å². The molecule has 0 unspecified atom stereocenters. The molecular formula is C14H13N3O3S2. The summed E-state index contributed by atoms with van der Waals surface area (Å²) in [6.07, 6.45) is 0.338. The third-order valence-corrected chi connectivity index (χ3v) is 5.22. The number of aromatic nitrogens is 2. The summed E-state index contributed by atoms with van der Waals surface area (Å²) in [7, 11) is -3.50. The number of nitrogens with one attached hydrogen (secondary N) is 1. The zero-order valence-corrected chi connectivity index (χ0v) is 13.1. The van der Waals surface area contributed by atoms with Crippen LogP contribution in [0.2, 0.25) is 0 Å². The van der Waals surface area contributed by atoms with Crippen LogP contribution in [0.25, 0.3) is 10.8 Å². The summed E-state index contributed by atoms with van der Waals surface area (Å²) in [6.45, 7) is 0.198. The standard InChI is InChI=1S/C14H13N3O3S2/c18-22(19,11-5-2-1-3-6-11)15-9-8-13-16-17-14(20-13)12-7-4-10-21-12/h1-7,10,15H,8-9H2. The Bertz CT molecular complexity index is 827. The summed E-state index contributed by atoms with van der Waals surface area (Å²) in [4.78, 5) is 1.13. The molecule has 0 spiro atoms. The molecule has 0 amide bonds. The summed E-state index contributed by atoms with van der Waals surface area (Å²) in [5.41, 5.74) is 0. The first-order valence-corrected chi connectivity index (χ1v) is 8.92. The quantitative estimate of drug-likeness (QED) is 0.747. The van der Waals surface area contributed by atoms with Crippen LogP contribution in [0.4, 0.5) is 0 Å². The highest BCUT2D eigenvalue weighted by molar-refractivity contribution is 7.89. The Morgan fingerprint density at radius 1 is 1.09 bits per heavy atom. The lowest BCUT2D eigenvalue weighted by atomic mass is 10.4. The van der Waals surface area contributed by atoms with Gasteiger partial charge in [0, 0.05) is 13.0 Å². The highest BCUT2D eigenvalue weighted by Gasteiger charge is 2.14. The second-order valence-corrected chi connectivity index (χ2v) is 7.15. The van der Waals surface area contributed by atoms with Crippen LogP contribution in [0.1, 0.15) is 5.89 Å². The molecule has 22 heavy (non-hydrogen) atoms. The Hall–Kier alpha value is -2.03. The van der Waals surface area contributed by atoms with Crippen molar-refractivity contribution in [3.05, 3.63) is 53.7 Å². The van der Waals surface area contributed by atoms with Gasteiger partial charge in [0.2, 0.25) is 15.9 Å². The Morgan fingerprint density at radius 2 is 1.91 bits per heavy atom. The summed E-state index contributed by atoms with van der Waals surface area (Å²) < 4.78 is 32.1. The molecule has 6 nitrogen and oxygen atoms in total. The number of thiophene rings is 1. The average Bonchev–Trinajstić information content (AvgIpc) is 3.19. The number of sulfonamides is 1. The first-order valence-electron chi connectivity index (χ1n) is 6.56. The van der Waals surface area contributed by atoms with Crippen molar-refractivity contribution < 1.29 is 12.8 Å². The van der Waals surface area contributed by atoms with Crippen molar-refractivity contribution in [3.63, 3.8) is 0 Å². The molecule has 114 valence electrons. The lowest BCUT2D eigenvalue weighted by molar-refractivity contribution is 0.503. The van der Waals surface area contributed by atoms with E-state index >= 15 is 0 Å². The van der Waals surface area contributed by atoms with E-state index in [9.17, 15) is 8.42 Å². The van der Waals surface area contributed by atoms with Gasteiger partial charge in [-0.1, -0.05) is 24.3 Å². The maximum absolute atomic E-state index is 12.0. The molecule has 0 saturated heterocycles. The van der Waals surface area contributed by atoms with Crippen molar-refractivity contribution in [1.29, 1.82) is 0 Å². The van der Waals surface area contributed by atoms with Crippen molar-refractivity contribution >= 4 is 21.4 Å². The molecule has 0 radical (unpaired) electrons. The molecule has 3 aromatic rings. The smallest absolute Gasteiger partial charge is 0.257 e. The average molecular weight is 335 g/mol. The Labute approximate surface area is 131 Å². The molecule has 0 bridgehead atoms. The number of rotatable bonds is 6. The minimum Gasteiger partial charge on any atom is -0.420 e. The number of nitrogens with zero attached hydrogens (tertiary/aromatic N) is 2. The van der Waals surface area contributed by atoms with Gasteiger partial charge in [0.25, 0.3) is 5.89 Å². The fourth-order valence-electron chi connectivity index (χ4n) is 1.83. The maximum Gasteiger partial charge on any atom is 0.257 e. The zero-order chi connectivity index (χ0) is 15.4. The lowest BCUT2D eigenvalue weighted by Gasteiger charge is -2.04. The van der Waals surface area contributed by atoms with Crippen LogP contribution in [0.5, 0.6) is 0 Å². The van der Waals surface area contributed by atoms with Crippen molar-refractivity contribution in [1.82, 2.24) is 14.9 Å². The van der Waals surface area contributed by atoms with Crippen LogP contribution in [0, 0.1) is 0 Å². The van der Waals surface area contributed by atoms with Gasteiger partial charge >= 0.3 is 0 Å². The second-order valence-electron chi connectivity index (χ2n) is 4.44. The highest BCUT2D eigenvalue weighted by atomic mass is 32.2. The van der Waals surface area contributed by atoms with Crippen molar-refractivity contribution in [2.75, 3.05) is 6.54 Å². The normalized spacial score (nSPS) is 11.6.